The van der Waals surface area contributed by atoms with Crippen molar-refractivity contribution in [3.8, 4) is 5.88 Å². The molecule has 0 radical (unpaired) electrons. The number of ether oxygens (including phenoxy) is 1. The van der Waals surface area contributed by atoms with Gasteiger partial charge in [0.25, 0.3) is 5.91 Å². The summed E-state index contributed by atoms with van der Waals surface area (Å²) in [5, 5.41) is 2.64. The summed E-state index contributed by atoms with van der Waals surface area (Å²) >= 11 is 5.76. The highest BCUT2D eigenvalue weighted by molar-refractivity contribution is 6.29. The molecule has 0 saturated carbocycles. The number of aromatic nitrogens is 2. The average molecular weight is 268 g/mol. The van der Waals surface area contributed by atoms with Gasteiger partial charge in [-0.15, -0.1) is 0 Å². The fraction of sp³-hybridized carbons (Fsp3) is 0.182. The monoisotopic (exact) mass is 267 g/mol. The highest BCUT2D eigenvalue weighted by Crippen LogP contribution is 2.16. The number of furan rings is 1. The number of halogens is 1. The van der Waals surface area contributed by atoms with Gasteiger partial charge in [-0.2, -0.15) is 4.98 Å². The van der Waals surface area contributed by atoms with Gasteiger partial charge >= 0.3 is 0 Å². The Morgan fingerprint density at radius 3 is 2.83 bits per heavy atom. The standard InChI is InChI=1S/C11H10ClN3O3/c1-6-3-4-7(18-6)10(16)15-11-13-8(12)5-9(14-11)17-2/h3-5H,1-2H3,(H,13,14,15,16). The van der Waals surface area contributed by atoms with Crippen molar-refractivity contribution in [2.45, 2.75) is 6.92 Å². The molecule has 0 atom stereocenters. The van der Waals surface area contributed by atoms with E-state index in [1.165, 1.54) is 13.2 Å². The van der Waals surface area contributed by atoms with Crippen molar-refractivity contribution in [2.75, 3.05) is 12.4 Å². The Bertz CT molecular complexity index is 583. The van der Waals surface area contributed by atoms with Gasteiger partial charge < -0.3 is 9.15 Å². The van der Waals surface area contributed by atoms with E-state index in [9.17, 15) is 4.79 Å². The molecule has 0 bridgehead atoms. The van der Waals surface area contributed by atoms with Crippen LogP contribution in [0.3, 0.4) is 0 Å². The first-order chi connectivity index (χ1) is 8.58. The van der Waals surface area contributed by atoms with E-state index in [2.05, 4.69) is 15.3 Å². The maximum absolute atomic E-state index is 11.8. The van der Waals surface area contributed by atoms with Crippen LogP contribution in [-0.4, -0.2) is 23.0 Å². The van der Waals surface area contributed by atoms with Crippen LogP contribution in [0.2, 0.25) is 5.15 Å². The van der Waals surface area contributed by atoms with Gasteiger partial charge in [0.15, 0.2) is 5.76 Å². The minimum Gasteiger partial charge on any atom is -0.481 e. The van der Waals surface area contributed by atoms with Gasteiger partial charge in [0.2, 0.25) is 11.8 Å². The number of rotatable bonds is 3. The molecule has 0 aliphatic rings. The molecule has 18 heavy (non-hydrogen) atoms. The Balaban J connectivity index is 2.18. The van der Waals surface area contributed by atoms with E-state index in [0.29, 0.717) is 5.76 Å². The summed E-state index contributed by atoms with van der Waals surface area (Å²) in [6, 6.07) is 4.69. The summed E-state index contributed by atoms with van der Waals surface area (Å²) in [7, 11) is 1.44. The molecule has 2 rings (SSSR count). The number of hydrogen-bond donors (Lipinski definition) is 1. The van der Waals surface area contributed by atoms with Crippen LogP contribution >= 0.6 is 11.6 Å². The first-order valence-electron chi connectivity index (χ1n) is 5.05. The van der Waals surface area contributed by atoms with Crippen LogP contribution in [0.4, 0.5) is 5.95 Å². The lowest BCUT2D eigenvalue weighted by Crippen LogP contribution is -2.13. The molecule has 2 aromatic heterocycles. The van der Waals surface area contributed by atoms with Crippen LogP contribution in [0.1, 0.15) is 16.3 Å². The molecule has 0 fully saturated rings. The third kappa shape index (κ3) is 2.78. The lowest BCUT2D eigenvalue weighted by Gasteiger charge is -2.04. The summed E-state index contributed by atoms with van der Waals surface area (Å²) in [5.41, 5.74) is 0. The molecular formula is C11H10ClN3O3. The largest absolute Gasteiger partial charge is 0.481 e. The minimum absolute atomic E-state index is 0.0541. The lowest BCUT2D eigenvalue weighted by molar-refractivity contribution is 0.0994. The third-order valence-corrected chi connectivity index (χ3v) is 2.26. The van der Waals surface area contributed by atoms with E-state index < -0.39 is 5.91 Å². The second kappa shape index (κ2) is 5.05. The van der Waals surface area contributed by atoms with Gasteiger partial charge in [0.05, 0.1) is 7.11 Å². The van der Waals surface area contributed by atoms with Crippen LogP contribution < -0.4 is 10.1 Å². The summed E-state index contributed by atoms with van der Waals surface area (Å²) < 4.78 is 10.1. The van der Waals surface area contributed by atoms with Crippen molar-refractivity contribution in [1.29, 1.82) is 0 Å². The fourth-order valence-corrected chi connectivity index (χ4v) is 1.45. The first-order valence-corrected chi connectivity index (χ1v) is 5.42. The molecule has 0 aliphatic carbocycles. The van der Waals surface area contributed by atoms with Crippen molar-refractivity contribution in [1.82, 2.24) is 9.97 Å². The second-order valence-electron chi connectivity index (χ2n) is 3.42. The highest BCUT2D eigenvalue weighted by atomic mass is 35.5. The molecule has 0 spiro atoms. The summed E-state index contributed by atoms with van der Waals surface area (Å²) in [4.78, 5) is 19.6. The molecule has 1 amide bonds. The second-order valence-corrected chi connectivity index (χ2v) is 3.81. The summed E-state index contributed by atoms with van der Waals surface area (Å²) in [6.07, 6.45) is 0. The van der Waals surface area contributed by atoms with E-state index in [-0.39, 0.29) is 22.7 Å². The number of nitrogens with one attached hydrogen (secondary N) is 1. The van der Waals surface area contributed by atoms with Crippen LogP contribution in [0.5, 0.6) is 5.88 Å². The molecule has 94 valence electrons. The lowest BCUT2D eigenvalue weighted by atomic mass is 10.4. The van der Waals surface area contributed by atoms with Gasteiger partial charge in [0, 0.05) is 6.07 Å². The average Bonchev–Trinajstić information content (AvgIpc) is 2.75. The number of carbonyl (C=O) groups excluding carboxylic acids is 1. The van der Waals surface area contributed by atoms with Gasteiger partial charge in [-0.25, -0.2) is 4.98 Å². The Kier molecular flexibility index (Phi) is 3.47. The van der Waals surface area contributed by atoms with Crippen LogP contribution in [0.25, 0.3) is 0 Å². The maximum atomic E-state index is 11.8. The van der Waals surface area contributed by atoms with E-state index in [1.54, 1.807) is 19.1 Å². The number of nitrogens with zero attached hydrogens (tertiary/aromatic N) is 2. The zero-order chi connectivity index (χ0) is 13.1. The van der Waals surface area contributed by atoms with Crippen LogP contribution in [0.15, 0.2) is 22.6 Å². The zero-order valence-electron chi connectivity index (χ0n) is 9.73. The van der Waals surface area contributed by atoms with Gasteiger partial charge in [-0.3, -0.25) is 10.1 Å². The van der Waals surface area contributed by atoms with Crippen molar-refractivity contribution in [3.05, 3.63) is 34.9 Å². The molecule has 2 heterocycles. The number of carbonyl (C=O) groups is 1. The Morgan fingerprint density at radius 1 is 1.44 bits per heavy atom. The van der Waals surface area contributed by atoms with E-state index in [0.717, 1.165) is 0 Å². The maximum Gasteiger partial charge on any atom is 0.293 e. The van der Waals surface area contributed by atoms with E-state index >= 15 is 0 Å². The Hall–Kier alpha value is -2.08. The molecule has 2 aromatic rings. The van der Waals surface area contributed by atoms with Crippen molar-refractivity contribution in [2.24, 2.45) is 0 Å². The predicted molar refractivity (Wildman–Crippen MR) is 65.0 cm³/mol. The number of amides is 1. The van der Waals surface area contributed by atoms with Crippen LogP contribution in [-0.2, 0) is 0 Å². The smallest absolute Gasteiger partial charge is 0.293 e. The molecule has 0 aliphatic heterocycles. The van der Waals surface area contributed by atoms with Crippen molar-refractivity contribution in [3.63, 3.8) is 0 Å². The molecule has 0 unspecified atom stereocenters. The highest BCUT2D eigenvalue weighted by Gasteiger charge is 2.13. The molecule has 0 saturated heterocycles. The Morgan fingerprint density at radius 2 is 2.22 bits per heavy atom. The number of anilines is 1. The molecule has 6 nitrogen and oxygen atoms in total. The van der Waals surface area contributed by atoms with Gasteiger partial charge in [-0.05, 0) is 19.1 Å². The molecular weight excluding hydrogens is 258 g/mol. The molecule has 7 heteroatoms. The van der Waals surface area contributed by atoms with E-state index in [1.807, 2.05) is 0 Å². The summed E-state index contributed by atoms with van der Waals surface area (Å²) in [6.45, 7) is 1.75. The van der Waals surface area contributed by atoms with E-state index in [4.69, 9.17) is 20.8 Å². The predicted octanol–water partition coefficient (Wildman–Crippen LogP) is 2.29. The number of methoxy groups -OCH3 is 1. The quantitative estimate of drug-likeness (QED) is 0.864. The SMILES string of the molecule is COc1cc(Cl)nc(NC(=O)c2ccc(C)o2)n1. The topological polar surface area (TPSA) is 77.2 Å². The normalized spacial score (nSPS) is 10.2. The fourth-order valence-electron chi connectivity index (χ4n) is 1.28. The number of hydrogen-bond acceptors (Lipinski definition) is 5. The number of aryl methyl sites for hydroxylation is 1. The molecule has 1 N–H and O–H groups in total. The first kappa shape index (κ1) is 12.4. The van der Waals surface area contributed by atoms with Gasteiger partial charge in [-0.1, -0.05) is 11.6 Å². The summed E-state index contributed by atoms with van der Waals surface area (Å²) in [5.74, 6) is 0.687. The van der Waals surface area contributed by atoms with Crippen molar-refractivity contribution < 1.29 is 13.9 Å². The van der Waals surface area contributed by atoms with Crippen molar-refractivity contribution >= 4 is 23.5 Å². The Labute approximate surface area is 108 Å². The van der Waals surface area contributed by atoms with Gasteiger partial charge in [0.1, 0.15) is 10.9 Å². The molecule has 0 aromatic carbocycles. The zero-order valence-corrected chi connectivity index (χ0v) is 10.5. The van der Waals surface area contributed by atoms with Crippen LogP contribution in [0, 0.1) is 6.92 Å². The third-order valence-electron chi connectivity index (χ3n) is 2.07. The minimum atomic E-state index is -0.451.